The molecular weight excluding hydrogens is 363 g/mol. The summed E-state index contributed by atoms with van der Waals surface area (Å²) in [5, 5.41) is 11.7. The number of carbonyl (C=O) groups is 2. The predicted octanol–water partition coefficient (Wildman–Crippen LogP) is 1.45. The fourth-order valence-electron chi connectivity index (χ4n) is 2.83. The molecule has 26 heavy (non-hydrogen) atoms. The number of amides is 1. The zero-order valence-corrected chi connectivity index (χ0v) is 15.5. The van der Waals surface area contributed by atoms with E-state index < -0.39 is 39.7 Å². The molecule has 2 N–H and O–H groups in total. The minimum Gasteiger partial charge on any atom is -0.481 e. The van der Waals surface area contributed by atoms with Gasteiger partial charge in [0.15, 0.2) is 0 Å². The fourth-order valence-corrected chi connectivity index (χ4v) is 4.37. The minimum absolute atomic E-state index is 0.109. The molecule has 1 saturated heterocycles. The number of hydrogen-bond acceptors (Lipinski definition) is 4. The van der Waals surface area contributed by atoms with Gasteiger partial charge >= 0.3 is 5.97 Å². The largest absolute Gasteiger partial charge is 0.481 e. The minimum atomic E-state index is -3.94. The Hall–Kier alpha value is -2.00. The molecule has 2 atom stereocenters. The molecule has 0 aromatic heterocycles. The number of benzene rings is 1. The average molecular weight is 386 g/mol. The number of carbonyl (C=O) groups excluding carboxylic acids is 1. The van der Waals surface area contributed by atoms with Gasteiger partial charge in [0.05, 0.1) is 5.92 Å². The summed E-state index contributed by atoms with van der Waals surface area (Å²) < 4.78 is 40.1. The lowest BCUT2D eigenvalue weighted by molar-refractivity contribution is -0.142. The predicted molar refractivity (Wildman–Crippen MR) is 92.3 cm³/mol. The Morgan fingerprint density at radius 3 is 2.35 bits per heavy atom. The van der Waals surface area contributed by atoms with Gasteiger partial charge in [-0.1, -0.05) is 12.1 Å². The number of piperidine rings is 1. The van der Waals surface area contributed by atoms with Gasteiger partial charge in [-0.05, 0) is 38.8 Å². The smallest absolute Gasteiger partial charge is 0.308 e. The highest BCUT2D eigenvalue weighted by molar-refractivity contribution is 7.89. The van der Waals surface area contributed by atoms with Crippen LogP contribution in [0.3, 0.4) is 0 Å². The van der Waals surface area contributed by atoms with Crippen molar-refractivity contribution in [3.63, 3.8) is 0 Å². The van der Waals surface area contributed by atoms with Crippen LogP contribution in [0.5, 0.6) is 0 Å². The van der Waals surface area contributed by atoms with Crippen molar-refractivity contribution in [2.45, 2.75) is 37.6 Å². The summed E-state index contributed by atoms with van der Waals surface area (Å²) >= 11 is 0. The Morgan fingerprint density at radius 2 is 1.81 bits per heavy atom. The number of carboxylic acid groups (broad SMARTS) is 1. The summed E-state index contributed by atoms with van der Waals surface area (Å²) in [7, 11) is -3.94. The van der Waals surface area contributed by atoms with Crippen LogP contribution in [0.25, 0.3) is 0 Å². The molecule has 2 rings (SSSR count). The third-order valence-electron chi connectivity index (χ3n) is 4.79. The van der Waals surface area contributed by atoms with Crippen LogP contribution < -0.4 is 5.32 Å². The highest BCUT2D eigenvalue weighted by Crippen LogP contribution is 2.25. The van der Waals surface area contributed by atoms with E-state index in [0.717, 1.165) is 6.07 Å². The molecule has 1 fully saturated rings. The molecule has 1 aliphatic rings. The summed E-state index contributed by atoms with van der Waals surface area (Å²) in [6.07, 6.45) is 0.599. The topological polar surface area (TPSA) is 104 Å². The van der Waals surface area contributed by atoms with E-state index in [1.165, 1.54) is 29.4 Å². The van der Waals surface area contributed by atoms with Gasteiger partial charge in [-0.3, -0.25) is 9.59 Å². The monoisotopic (exact) mass is 386 g/mol. The maximum Gasteiger partial charge on any atom is 0.308 e. The molecule has 9 heteroatoms. The summed E-state index contributed by atoms with van der Waals surface area (Å²) in [6, 6.07) is 4.67. The van der Waals surface area contributed by atoms with Crippen molar-refractivity contribution >= 4 is 21.9 Å². The number of halogens is 1. The molecule has 2 unspecified atom stereocenters. The normalized spacial score (nSPS) is 18.9. The van der Waals surface area contributed by atoms with Crippen LogP contribution in [-0.4, -0.2) is 48.8 Å². The lowest BCUT2D eigenvalue weighted by Gasteiger charge is -2.31. The standard InChI is InChI=1S/C17H23FN2O5S/c1-11(17(22)23)12(2)19-16(21)13-7-9-20(10-8-13)26(24,25)15-6-4-3-5-14(15)18/h3-6,11-13H,7-10H2,1-2H3,(H,19,21)(H,22,23). The van der Waals surface area contributed by atoms with Crippen LogP contribution in [0.1, 0.15) is 26.7 Å². The number of nitrogens with zero attached hydrogens (tertiary/aromatic N) is 1. The Balaban J connectivity index is 1.97. The first-order chi connectivity index (χ1) is 12.1. The van der Waals surface area contributed by atoms with Gasteiger partial charge in [-0.2, -0.15) is 4.31 Å². The number of sulfonamides is 1. The van der Waals surface area contributed by atoms with Crippen molar-refractivity contribution in [1.29, 1.82) is 0 Å². The molecule has 1 amide bonds. The van der Waals surface area contributed by atoms with Crippen LogP contribution >= 0.6 is 0 Å². The molecule has 1 aromatic carbocycles. The van der Waals surface area contributed by atoms with E-state index >= 15 is 0 Å². The molecule has 0 spiro atoms. The molecule has 0 saturated carbocycles. The molecule has 1 aliphatic heterocycles. The summed E-state index contributed by atoms with van der Waals surface area (Å²) in [6.45, 7) is 3.35. The zero-order valence-electron chi connectivity index (χ0n) is 14.7. The molecule has 0 bridgehead atoms. The Kier molecular flexibility index (Phi) is 6.35. The van der Waals surface area contributed by atoms with Gasteiger partial charge in [-0.15, -0.1) is 0 Å². The summed E-state index contributed by atoms with van der Waals surface area (Å²) in [5.74, 6) is -3.20. The van der Waals surface area contributed by atoms with E-state index in [1.54, 1.807) is 6.92 Å². The Labute approximate surface area is 152 Å². The van der Waals surface area contributed by atoms with E-state index in [-0.39, 0.29) is 23.9 Å². The summed E-state index contributed by atoms with van der Waals surface area (Å²) in [5.41, 5.74) is 0. The van der Waals surface area contributed by atoms with Gasteiger partial charge in [0.2, 0.25) is 15.9 Å². The van der Waals surface area contributed by atoms with E-state index in [9.17, 15) is 22.4 Å². The molecule has 144 valence electrons. The van der Waals surface area contributed by atoms with Gasteiger partial charge in [-0.25, -0.2) is 12.8 Å². The van der Waals surface area contributed by atoms with Crippen LogP contribution in [0.2, 0.25) is 0 Å². The zero-order chi connectivity index (χ0) is 19.5. The maximum atomic E-state index is 13.8. The third kappa shape index (κ3) is 4.39. The molecule has 1 aromatic rings. The number of rotatable bonds is 6. The van der Waals surface area contributed by atoms with Crippen LogP contribution in [0.4, 0.5) is 4.39 Å². The van der Waals surface area contributed by atoms with E-state index in [1.807, 2.05) is 0 Å². The van der Waals surface area contributed by atoms with Crippen molar-refractivity contribution in [3.8, 4) is 0 Å². The highest BCUT2D eigenvalue weighted by Gasteiger charge is 2.34. The van der Waals surface area contributed by atoms with Crippen molar-refractivity contribution in [2.24, 2.45) is 11.8 Å². The third-order valence-corrected chi connectivity index (χ3v) is 6.72. The van der Waals surface area contributed by atoms with Crippen molar-refractivity contribution in [3.05, 3.63) is 30.1 Å². The molecule has 0 aliphatic carbocycles. The molecule has 1 heterocycles. The summed E-state index contributed by atoms with van der Waals surface area (Å²) in [4.78, 5) is 22.9. The number of aliphatic carboxylic acids is 1. The number of hydrogen-bond donors (Lipinski definition) is 2. The molecular formula is C17H23FN2O5S. The van der Waals surface area contributed by atoms with Crippen molar-refractivity contribution in [1.82, 2.24) is 9.62 Å². The Morgan fingerprint density at radius 1 is 1.23 bits per heavy atom. The van der Waals surface area contributed by atoms with Crippen LogP contribution in [-0.2, 0) is 19.6 Å². The second-order valence-electron chi connectivity index (χ2n) is 6.53. The molecule has 7 nitrogen and oxygen atoms in total. The lowest BCUT2D eigenvalue weighted by atomic mass is 9.95. The average Bonchev–Trinajstić information content (AvgIpc) is 2.61. The SMILES string of the molecule is CC(NC(=O)C1CCN(S(=O)(=O)c2ccccc2F)CC1)C(C)C(=O)O. The second-order valence-corrected chi connectivity index (χ2v) is 8.44. The lowest BCUT2D eigenvalue weighted by Crippen LogP contribution is -2.47. The Bertz CT molecular complexity index is 775. The highest BCUT2D eigenvalue weighted by atomic mass is 32.2. The first-order valence-corrected chi connectivity index (χ1v) is 9.86. The second kappa shape index (κ2) is 8.13. The van der Waals surface area contributed by atoms with Gasteiger partial charge in [0.1, 0.15) is 10.7 Å². The quantitative estimate of drug-likeness (QED) is 0.770. The van der Waals surface area contributed by atoms with Gasteiger partial charge in [0.25, 0.3) is 0 Å². The fraction of sp³-hybridized carbons (Fsp3) is 0.529. The van der Waals surface area contributed by atoms with Crippen molar-refractivity contribution < 1.29 is 27.5 Å². The maximum absolute atomic E-state index is 13.8. The first kappa shape index (κ1) is 20.3. The number of carboxylic acids is 1. The van der Waals surface area contributed by atoms with Crippen molar-refractivity contribution in [2.75, 3.05) is 13.1 Å². The van der Waals surface area contributed by atoms with E-state index in [2.05, 4.69) is 5.32 Å². The van der Waals surface area contributed by atoms with Gasteiger partial charge in [0, 0.05) is 25.0 Å². The number of nitrogens with one attached hydrogen (secondary N) is 1. The van der Waals surface area contributed by atoms with Crippen LogP contribution in [0.15, 0.2) is 29.2 Å². The molecule has 0 radical (unpaired) electrons. The van der Waals surface area contributed by atoms with E-state index in [4.69, 9.17) is 5.11 Å². The van der Waals surface area contributed by atoms with Crippen LogP contribution in [0, 0.1) is 17.7 Å². The first-order valence-electron chi connectivity index (χ1n) is 8.42. The van der Waals surface area contributed by atoms with E-state index in [0.29, 0.717) is 12.8 Å². The van der Waals surface area contributed by atoms with Gasteiger partial charge < -0.3 is 10.4 Å².